The summed E-state index contributed by atoms with van der Waals surface area (Å²) < 4.78 is 13.1. The molecule has 1 aromatic rings. The topological polar surface area (TPSA) is 33.1 Å². The number of hydrogen-bond acceptors (Lipinski definition) is 3. The molecule has 0 fully saturated rings. The zero-order valence-corrected chi connectivity index (χ0v) is 9.09. The van der Waals surface area contributed by atoms with Crippen LogP contribution in [0.1, 0.15) is 25.5 Å². The minimum Gasteiger partial charge on any atom is -0.387 e. The summed E-state index contributed by atoms with van der Waals surface area (Å²) >= 11 is 1.61. The van der Waals surface area contributed by atoms with Crippen LogP contribution < -0.4 is 0 Å². The van der Waals surface area contributed by atoms with E-state index < -0.39 is 11.9 Å². The number of aromatic nitrogens is 1. The van der Waals surface area contributed by atoms with E-state index >= 15 is 0 Å². The molecule has 0 saturated carbocycles. The van der Waals surface area contributed by atoms with Crippen LogP contribution >= 0.6 is 11.8 Å². The predicted octanol–water partition coefficient (Wildman–Crippen LogP) is 2.40. The highest BCUT2D eigenvalue weighted by atomic mass is 32.2. The van der Waals surface area contributed by atoms with E-state index in [0.29, 0.717) is 16.6 Å². The van der Waals surface area contributed by atoms with Crippen LogP contribution in [-0.4, -0.2) is 21.1 Å². The van der Waals surface area contributed by atoms with E-state index in [1.807, 2.05) is 13.8 Å². The number of thioether (sulfide) groups is 1. The Balaban J connectivity index is 2.60. The highest BCUT2D eigenvalue weighted by Gasteiger charge is 2.12. The molecule has 0 aromatic carbocycles. The van der Waals surface area contributed by atoms with Crippen molar-refractivity contribution in [3.8, 4) is 0 Å². The fraction of sp³-hybridized carbons (Fsp3) is 0.500. The van der Waals surface area contributed by atoms with E-state index in [1.54, 1.807) is 11.8 Å². The van der Waals surface area contributed by atoms with Crippen molar-refractivity contribution in [3.63, 3.8) is 0 Å². The van der Waals surface area contributed by atoms with E-state index in [1.165, 1.54) is 12.3 Å². The summed E-state index contributed by atoms with van der Waals surface area (Å²) in [5.41, 5.74) is 0.327. The molecule has 1 heterocycles. The second-order valence-electron chi connectivity index (χ2n) is 3.30. The van der Waals surface area contributed by atoms with Crippen molar-refractivity contribution >= 4 is 11.8 Å². The molecule has 0 aliphatic rings. The molecule has 1 aromatic heterocycles. The van der Waals surface area contributed by atoms with E-state index in [-0.39, 0.29) is 0 Å². The molecule has 1 N–H and O–H groups in total. The highest BCUT2D eigenvalue weighted by molar-refractivity contribution is 7.99. The number of aliphatic hydroxyl groups is 1. The van der Waals surface area contributed by atoms with Gasteiger partial charge in [0.15, 0.2) is 0 Å². The van der Waals surface area contributed by atoms with Gasteiger partial charge in [-0.15, -0.1) is 0 Å². The Morgan fingerprint density at radius 1 is 1.57 bits per heavy atom. The van der Waals surface area contributed by atoms with Gasteiger partial charge in [0.1, 0.15) is 5.82 Å². The van der Waals surface area contributed by atoms with Crippen LogP contribution in [0.25, 0.3) is 0 Å². The lowest BCUT2D eigenvalue weighted by molar-refractivity contribution is 0.198. The maximum absolute atomic E-state index is 13.1. The predicted molar refractivity (Wildman–Crippen MR) is 56.7 cm³/mol. The van der Waals surface area contributed by atoms with E-state index in [0.717, 1.165) is 6.20 Å². The molecule has 0 saturated heterocycles. The largest absolute Gasteiger partial charge is 0.387 e. The summed E-state index contributed by atoms with van der Waals surface area (Å²) in [4.78, 5) is 3.63. The van der Waals surface area contributed by atoms with Crippen LogP contribution in [0, 0.1) is 5.82 Å². The lowest BCUT2D eigenvalue weighted by Crippen LogP contribution is -2.05. The number of rotatable bonds is 4. The van der Waals surface area contributed by atoms with Crippen LogP contribution in [0.5, 0.6) is 0 Å². The van der Waals surface area contributed by atoms with Gasteiger partial charge in [0, 0.05) is 17.5 Å². The summed E-state index contributed by atoms with van der Waals surface area (Å²) in [6, 6.07) is 1.51. The number of halogens is 1. The Labute approximate surface area is 87.6 Å². The molecule has 1 unspecified atom stereocenters. The SMILES string of the molecule is CC(C)SCC(O)c1ccncc1F. The van der Waals surface area contributed by atoms with Gasteiger partial charge >= 0.3 is 0 Å². The Morgan fingerprint density at radius 2 is 2.29 bits per heavy atom. The van der Waals surface area contributed by atoms with Crippen LogP contribution in [0.4, 0.5) is 4.39 Å². The van der Waals surface area contributed by atoms with Crippen LogP contribution in [0.2, 0.25) is 0 Å². The summed E-state index contributed by atoms with van der Waals surface area (Å²) in [6.45, 7) is 4.08. The van der Waals surface area contributed by atoms with Crippen molar-refractivity contribution in [2.45, 2.75) is 25.2 Å². The molecule has 1 atom stereocenters. The van der Waals surface area contributed by atoms with E-state index in [2.05, 4.69) is 4.98 Å². The second kappa shape index (κ2) is 5.32. The summed E-state index contributed by atoms with van der Waals surface area (Å²) in [5.74, 6) is 0.0721. The maximum Gasteiger partial charge on any atom is 0.147 e. The average molecular weight is 215 g/mol. The van der Waals surface area contributed by atoms with Crippen molar-refractivity contribution in [1.82, 2.24) is 4.98 Å². The fourth-order valence-electron chi connectivity index (χ4n) is 1.03. The van der Waals surface area contributed by atoms with Gasteiger partial charge < -0.3 is 5.11 Å². The first-order valence-electron chi connectivity index (χ1n) is 4.50. The Morgan fingerprint density at radius 3 is 2.86 bits per heavy atom. The number of nitrogens with zero attached hydrogens (tertiary/aromatic N) is 1. The van der Waals surface area contributed by atoms with Crippen molar-refractivity contribution in [3.05, 3.63) is 29.8 Å². The summed E-state index contributed by atoms with van der Waals surface area (Å²) in [5, 5.41) is 10.1. The Hall–Kier alpha value is -0.610. The maximum atomic E-state index is 13.1. The molecule has 0 bridgehead atoms. The third-order valence-electron chi connectivity index (χ3n) is 1.75. The normalized spacial score (nSPS) is 13.2. The van der Waals surface area contributed by atoms with Gasteiger partial charge in [0.2, 0.25) is 0 Å². The highest BCUT2D eigenvalue weighted by Crippen LogP contribution is 2.22. The van der Waals surface area contributed by atoms with Crippen molar-refractivity contribution in [2.24, 2.45) is 0 Å². The Bertz CT molecular complexity index is 293. The lowest BCUT2D eigenvalue weighted by Gasteiger charge is -2.12. The van der Waals surface area contributed by atoms with Gasteiger partial charge in [0.25, 0.3) is 0 Å². The van der Waals surface area contributed by atoms with Crippen molar-refractivity contribution in [2.75, 3.05) is 5.75 Å². The summed E-state index contributed by atoms with van der Waals surface area (Å²) in [6.07, 6.45) is 1.87. The molecule has 0 amide bonds. The minimum atomic E-state index is -0.745. The second-order valence-corrected chi connectivity index (χ2v) is 4.90. The molecule has 4 heteroatoms. The monoisotopic (exact) mass is 215 g/mol. The molecular formula is C10H14FNOS. The summed E-state index contributed by atoms with van der Waals surface area (Å²) in [7, 11) is 0. The fourth-order valence-corrected chi connectivity index (χ4v) is 1.78. The molecular weight excluding hydrogens is 201 g/mol. The molecule has 0 aliphatic heterocycles. The van der Waals surface area contributed by atoms with Crippen molar-refractivity contribution in [1.29, 1.82) is 0 Å². The number of aliphatic hydroxyl groups excluding tert-OH is 1. The van der Waals surface area contributed by atoms with Gasteiger partial charge in [-0.05, 0) is 11.3 Å². The zero-order valence-electron chi connectivity index (χ0n) is 8.27. The number of hydrogen-bond donors (Lipinski definition) is 1. The molecule has 2 nitrogen and oxygen atoms in total. The first-order chi connectivity index (χ1) is 6.61. The van der Waals surface area contributed by atoms with Gasteiger partial charge in [-0.25, -0.2) is 4.39 Å². The number of pyridine rings is 1. The van der Waals surface area contributed by atoms with E-state index in [9.17, 15) is 9.50 Å². The average Bonchev–Trinajstić information content (AvgIpc) is 2.15. The van der Waals surface area contributed by atoms with Gasteiger partial charge in [-0.3, -0.25) is 4.98 Å². The molecule has 0 aliphatic carbocycles. The molecule has 78 valence electrons. The van der Waals surface area contributed by atoms with Gasteiger partial charge in [0.05, 0.1) is 12.3 Å². The first-order valence-corrected chi connectivity index (χ1v) is 5.55. The first kappa shape index (κ1) is 11.5. The minimum absolute atomic E-state index is 0.327. The molecule has 0 spiro atoms. The smallest absolute Gasteiger partial charge is 0.147 e. The molecule has 0 radical (unpaired) electrons. The Kier molecular flexibility index (Phi) is 4.35. The lowest BCUT2D eigenvalue weighted by atomic mass is 10.2. The van der Waals surface area contributed by atoms with Gasteiger partial charge in [-0.2, -0.15) is 11.8 Å². The van der Waals surface area contributed by atoms with Gasteiger partial charge in [-0.1, -0.05) is 13.8 Å². The third-order valence-corrected chi connectivity index (χ3v) is 2.93. The van der Waals surface area contributed by atoms with Crippen LogP contribution in [0.3, 0.4) is 0 Å². The third kappa shape index (κ3) is 3.27. The zero-order chi connectivity index (χ0) is 10.6. The molecule has 1 rings (SSSR count). The standard InChI is InChI=1S/C10H14FNOS/c1-7(2)14-6-10(13)8-3-4-12-5-9(8)11/h3-5,7,10,13H,6H2,1-2H3. The van der Waals surface area contributed by atoms with Crippen LogP contribution in [-0.2, 0) is 0 Å². The van der Waals surface area contributed by atoms with Crippen molar-refractivity contribution < 1.29 is 9.50 Å². The van der Waals surface area contributed by atoms with E-state index in [4.69, 9.17) is 0 Å². The molecule has 14 heavy (non-hydrogen) atoms. The quantitative estimate of drug-likeness (QED) is 0.837. The van der Waals surface area contributed by atoms with Crippen LogP contribution in [0.15, 0.2) is 18.5 Å².